The number of piperidine rings is 1. The highest BCUT2D eigenvalue weighted by atomic mass is 16.3. The summed E-state index contributed by atoms with van der Waals surface area (Å²) in [5.41, 5.74) is 5.43. The Balaban J connectivity index is 1.29. The molecule has 1 aliphatic heterocycles. The zero-order valence-corrected chi connectivity index (χ0v) is 17.9. The average Bonchev–Trinajstić information content (AvgIpc) is 3.49. The van der Waals surface area contributed by atoms with Crippen molar-refractivity contribution >= 4 is 28.0 Å². The van der Waals surface area contributed by atoms with E-state index in [9.17, 15) is 4.79 Å². The van der Waals surface area contributed by atoms with Crippen LogP contribution < -0.4 is 10.6 Å². The standard InChI is InChI=1S/C23H23N7O2/c1-13-7-10-32-19(13)22-28-18-20(29(22)2)24-12-25-21(18)30-8-5-14(6-9-30)15-3-4-16-17(11-15)27-23(31)26-16/h3-4,7,10-12,14H,5-6,8-9H2,1-2H3,(H2,26,27,31). The Morgan fingerprint density at radius 2 is 1.91 bits per heavy atom. The van der Waals surface area contributed by atoms with Gasteiger partial charge >= 0.3 is 5.69 Å². The van der Waals surface area contributed by atoms with Crippen LogP contribution in [-0.2, 0) is 7.05 Å². The van der Waals surface area contributed by atoms with E-state index in [-0.39, 0.29) is 5.69 Å². The zero-order valence-electron chi connectivity index (χ0n) is 17.9. The number of aryl methyl sites for hydroxylation is 2. The van der Waals surface area contributed by atoms with Gasteiger partial charge in [-0.15, -0.1) is 0 Å². The Kier molecular flexibility index (Phi) is 4.17. The van der Waals surface area contributed by atoms with E-state index >= 15 is 0 Å². The van der Waals surface area contributed by atoms with E-state index in [0.717, 1.165) is 71.1 Å². The van der Waals surface area contributed by atoms with Crippen molar-refractivity contribution in [2.24, 2.45) is 7.05 Å². The molecule has 1 saturated heterocycles. The van der Waals surface area contributed by atoms with Crippen LogP contribution in [0.1, 0.15) is 29.9 Å². The van der Waals surface area contributed by atoms with Crippen molar-refractivity contribution in [3.63, 3.8) is 0 Å². The summed E-state index contributed by atoms with van der Waals surface area (Å²) in [6, 6.07) is 8.13. The van der Waals surface area contributed by atoms with Crippen molar-refractivity contribution in [1.82, 2.24) is 29.5 Å². The van der Waals surface area contributed by atoms with Gasteiger partial charge in [0.05, 0.1) is 17.3 Å². The number of imidazole rings is 2. The summed E-state index contributed by atoms with van der Waals surface area (Å²) in [4.78, 5) is 33.5. The highest BCUT2D eigenvalue weighted by molar-refractivity contribution is 5.86. The normalized spacial score (nSPS) is 15.2. The minimum atomic E-state index is -0.167. The quantitative estimate of drug-likeness (QED) is 0.454. The van der Waals surface area contributed by atoms with Gasteiger partial charge in [-0.3, -0.25) is 0 Å². The zero-order chi connectivity index (χ0) is 21.8. The van der Waals surface area contributed by atoms with E-state index in [0.29, 0.717) is 5.92 Å². The minimum absolute atomic E-state index is 0.167. The van der Waals surface area contributed by atoms with Gasteiger partial charge in [0.2, 0.25) is 0 Å². The second-order valence-corrected chi connectivity index (χ2v) is 8.44. The number of rotatable bonds is 3. The highest BCUT2D eigenvalue weighted by Gasteiger charge is 2.26. The summed E-state index contributed by atoms with van der Waals surface area (Å²) in [6.45, 7) is 3.77. The molecular formula is C23H23N7O2. The molecule has 1 aromatic carbocycles. The first-order valence-corrected chi connectivity index (χ1v) is 10.8. The molecule has 5 aromatic rings. The summed E-state index contributed by atoms with van der Waals surface area (Å²) < 4.78 is 7.64. The lowest BCUT2D eigenvalue weighted by molar-refractivity contribution is 0.503. The number of hydrogen-bond acceptors (Lipinski definition) is 6. The van der Waals surface area contributed by atoms with Crippen molar-refractivity contribution in [3.8, 4) is 11.6 Å². The van der Waals surface area contributed by atoms with Gasteiger partial charge in [-0.05, 0) is 55.0 Å². The van der Waals surface area contributed by atoms with Gasteiger partial charge in [0.15, 0.2) is 28.6 Å². The molecule has 1 fully saturated rings. The third kappa shape index (κ3) is 2.92. The molecule has 32 heavy (non-hydrogen) atoms. The SMILES string of the molecule is Cc1ccoc1-c1nc2c(N3CCC(c4ccc5[nH]c(=O)[nH]c5c4)CC3)ncnc2n1C. The van der Waals surface area contributed by atoms with Crippen LogP contribution >= 0.6 is 0 Å². The molecule has 9 nitrogen and oxygen atoms in total. The number of H-pyrrole nitrogens is 2. The van der Waals surface area contributed by atoms with E-state index in [4.69, 9.17) is 9.40 Å². The predicted octanol–water partition coefficient (Wildman–Crippen LogP) is 3.49. The summed E-state index contributed by atoms with van der Waals surface area (Å²) in [7, 11) is 1.96. The van der Waals surface area contributed by atoms with Gasteiger partial charge < -0.3 is 23.9 Å². The molecule has 0 spiro atoms. The molecule has 2 N–H and O–H groups in total. The number of benzene rings is 1. The van der Waals surface area contributed by atoms with Crippen LogP contribution in [0.2, 0.25) is 0 Å². The van der Waals surface area contributed by atoms with Gasteiger partial charge in [0, 0.05) is 20.1 Å². The monoisotopic (exact) mass is 429 g/mol. The molecular weight excluding hydrogens is 406 g/mol. The molecule has 0 aliphatic carbocycles. The third-order valence-corrected chi connectivity index (χ3v) is 6.51. The number of furan rings is 1. The Hall–Kier alpha value is -3.88. The fourth-order valence-electron chi connectivity index (χ4n) is 4.75. The van der Waals surface area contributed by atoms with Crippen molar-refractivity contribution in [2.75, 3.05) is 18.0 Å². The topological polar surface area (TPSA) is 109 Å². The Morgan fingerprint density at radius 3 is 2.69 bits per heavy atom. The number of nitrogens with one attached hydrogen (secondary N) is 2. The lowest BCUT2D eigenvalue weighted by atomic mass is 9.89. The molecule has 0 radical (unpaired) electrons. The summed E-state index contributed by atoms with van der Waals surface area (Å²) >= 11 is 0. The molecule has 5 heterocycles. The molecule has 6 rings (SSSR count). The summed E-state index contributed by atoms with van der Waals surface area (Å²) in [6.07, 6.45) is 5.30. The second-order valence-electron chi connectivity index (χ2n) is 8.44. The molecule has 0 saturated carbocycles. The fraction of sp³-hybridized carbons (Fsp3) is 0.304. The van der Waals surface area contributed by atoms with Crippen molar-refractivity contribution < 1.29 is 4.42 Å². The maximum Gasteiger partial charge on any atom is 0.323 e. The molecule has 0 atom stereocenters. The number of nitrogens with zero attached hydrogens (tertiary/aromatic N) is 5. The van der Waals surface area contributed by atoms with Crippen LogP contribution in [-0.4, -0.2) is 42.6 Å². The van der Waals surface area contributed by atoms with E-state index in [1.807, 2.05) is 30.7 Å². The van der Waals surface area contributed by atoms with Crippen LogP contribution in [0.25, 0.3) is 33.8 Å². The molecule has 0 unspecified atom stereocenters. The lowest BCUT2D eigenvalue weighted by Crippen LogP contribution is -2.33. The predicted molar refractivity (Wildman–Crippen MR) is 122 cm³/mol. The number of hydrogen-bond donors (Lipinski definition) is 2. The number of fused-ring (bicyclic) bond motifs is 2. The van der Waals surface area contributed by atoms with Crippen molar-refractivity contribution in [3.05, 3.63) is 58.5 Å². The third-order valence-electron chi connectivity index (χ3n) is 6.51. The van der Waals surface area contributed by atoms with Gasteiger partial charge in [-0.2, -0.15) is 0 Å². The molecule has 0 amide bonds. The van der Waals surface area contributed by atoms with E-state index < -0.39 is 0 Å². The lowest BCUT2D eigenvalue weighted by Gasteiger charge is -2.33. The van der Waals surface area contributed by atoms with Gasteiger partial charge in [0.1, 0.15) is 6.33 Å². The first kappa shape index (κ1) is 18.9. The highest BCUT2D eigenvalue weighted by Crippen LogP contribution is 2.34. The fourth-order valence-corrected chi connectivity index (χ4v) is 4.75. The molecule has 1 aliphatic rings. The molecule has 9 heteroatoms. The van der Waals surface area contributed by atoms with Gasteiger partial charge in [0.25, 0.3) is 0 Å². The average molecular weight is 429 g/mol. The number of aromatic amines is 2. The first-order chi connectivity index (χ1) is 15.6. The maximum absolute atomic E-state index is 11.6. The minimum Gasteiger partial charge on any atom is -0.461 e. The van der Waals surface area contributed by atoms with Gasteiger partial charge in [-0.1, -0.05) is 6.07 Å². The molecule has 162 valence electrons. The van der Waals surface area contributed by atoms with Crippen LogP contribution in [0, 0.1) is 6.92 Å². The molecule has 4 aromatic heterocycles. The van der Waals surface area contributed by atoms with Crippen LogP contribution in [0.5, 0.6) is 0 Å². The van der Waals surface area contributed by atoms with Crippen molar-refractivity contribution in [2.45, 2.75) is 25.7 Å². The van der Waals surface area contributed by atoms with E-state index in [1.165, 1.54) is 5.56 Å². The Bertz CT molecular complexity index is 1500. The molecule has 0 bridgehead atoms. The maximum atomic E-state index is 11.6. The smallest absolute Gasteiger partial charge is 0.323 e. The van der Waals surface area contributed by atoms with Crippen LogP contribution in [0.3, 0.4) is 0 Å². The van der Waals surface area contributed by atoms with Crippen LogP contribution in [0.15, 0.2) is 46.1 Å². The Labute approximate surface area is 183 Å². The Morgan fingerprint density at radius 1 is 1.09 bits per heavy atom. The van der Waals surface area contributed by atoms with E-state index in [2.05, 4.69) is 37.0 Å². The number of aromatic nitrogens is 6. The second kappa shape index (κ2) is 7.08. The number of anilines is 1. The van der Waals surface area contributed by atoms with Crippen LogP contribution in [0.4, 0.5) is 5.82 Å². The van der Waals surface area contributed by atoms with Gasteiger partial charge in [-0.25, -0.2) is 19.7 Å². The largest absolute Gasteiger partial charge is 0.461 e. The summed E-state index contributed by atoms with van der Waals surface area (Å²) in [5.74, 6) is 2.82. The van der Waals surface area contributed by atoms with E-state index in [1.54, 1.807) is 12.6 Å². The summed E-state index contributed by atoms with van der Waals surface area (Å²) in [5, 5.41) is 0. The van der Waals surface area contributed by atoms with Crippen molar-refractivity contribution in [1.29, 1.82) is 0 Å². The first-order valence-electron chi connectivity index (χ1n) is 10.8.